The molecule has 76 valence electrons. The SMILES string of the molecule is CC(C)COC(=O)C(C)C.Cl.Cl. The molecule has 0 heterocycles. The molecule has 0 amide bonds. The third-order valence-corrected chi connectivity index (χ3v) is 1.03. The maximum Gasteiger partial charge on any atom is 0.308 e. The van der Waals surface area contributed by atoms with E-state index in [1.54, 1.807) is 0 Å². The van der Waals surface area contributed by atoms with E-state index in [2.05, 4.69) is 0 Å². The van der Waals surface area contributed by atoms with Crippen molar-refractivity contribution in [1.82, 2.24) is 0 Å². The molecule has 0 bridgehead atoms. The van der Waals surface area contributed by atoms with E-state index in [4.69, 9.17) is 4.74 Å². The van der Waals surface area contributed by atoms with Gasteiger partial charge in [0.05, 0.1) is 12.5 Å². The summed E-state index contributed by atoms with van der Waals surface area (Å²) >= 11 is 0. The molecule has 0 aliphatic rings. The Morgan fingerprint density at radius 3 is 1.83 bits per heavy atom. The average Bonchev–Trinajstić information content (AvgIpc) is 1.82. The van der Waals surface area contributed by atoms with Crippen LogP contribution in [-0.2, 0) is 9.53 Å². The lowest BCUT2D eigenvalue weighted by Gasteiger charge is -2.08. The van der Waals surface area contributed by atoms with E-state index < -0.39 is 0 Å². The van der Waals surface area contributed by atoms with Crippen LogP contribution in [0.4, 0.5) is 0 Å². The summed E-state index contributed by atoms with van der Waals surface area (Å²) in [7, 11) is 0. The van der Waals surface area contributed by atoms with Crippen molar-refractivity contribution >= 4 is 30.8 Å². The van der Waals surface area contributed by atoms with Gasteiger partial charge >= 0.3 is 5.97 Å². The Labute approximate surface area is 86.9 Å². The molecule has 0 aliphatic carbocycles. The Morgan fingerprint density at radius 1 is 1.17 bits per heavy atom. The molecule has 0 aromatic carbocycles. The van der Waals surface area contributed by atoms with Crippen LogP contribution in [0.15, 0.2) is 0 Å². The van der Waals surface area contributed by atoms with E-state index in [-0.39, 0.29) is 36.7 Å². The second-order valence-corrected chi connectivity index (χ2v) is 3.18. The van der Waals surface area contributed by atoms with Crippen LogP contribution in [0.5, 0.6) is 0 Å². The van der Waals surface area contributed by atoms with Crippen LogP contribution in [0.2, 0.25) is 0 Å². The highest BCUT2D eigenvalue weighted by molar-refractivity contribution is 5.85. The lowest BCUT2D eigenvalue weighted by Crippen LogP contribution is -2.14. The predicted molar refractivity (Wildman–Crippen MR) is 55.1 cm³/mol. The van der Waals surface area contributed by atoms with Gasteiger partial charge in [0.15, 0.2) is 0 Å². The first-order valence-corrected chi connectivity index (χ1v) is 3.70. The van der Waals surface area contributed by atoms with Crippen LogP contribution < -0.4 is 0 Å². The van der Waals surface area contributed by atoms with E-state index in [0.717, 1.165) is 0 Å². The van der Waals surface area contributed by atoms with E-state index >= 15 is 0 Å². The minimum absolute atomic E-state index is 0. The largest absolute Gasteiger partial charge is 0.465 e. The van der Waals surface area contributed by atoms with Crippen molar-refractivity contribution in [1.29, 1.82) is 0 Å². The standard InChI is InChI=1S/C8H16O2.2ClH/c1-6(2)5-10-8(9)7(3)4;;/h6-7H,5H2,1-4H3;2*1H. The van der Waals surface area contributed by atoms with Crippen molar-refractivity contribution in [2.45, 2.75) is 27.7 Å². The fourth-order valence-electron chi connectivity index (χ4n) is 0.415. The molecule has 0 rings (SSSR count). The second-order valence-electron chi connectivity index (χ2n) is 3.18. The number of halogens is 2. The van der Waals surface area contributed by atoms with Gasteiger partial charge in [-0.1, -0.05) is 27.7 Å². The van der Waals surface area contributed by atoms with Crippen LogP contribution in [0.3, 0.4) is 0 Å². The predicted octanol–water partition coefficient (Wildman–Crippen LogP) is 2.69. The van der Waals surface area contributed by atoms with Gasteiger partial charge in [-0.25, -0.2) is 0 Å². The zero-order valence-corrected chi connectivity index (χ0v) is 9.63. The van der Waals surface area contributed by atoms with Crippen molar-refractivity contribution in [3.05, 3.63) is 0 Å². The van der Waals surface area contributed by atoms with Gasteiger partial charge in [0, 0.05) is 0 Å². The fourth-order valence-corrected chi connectivity index (χ4v) is 0.415. The quantitative estimate of drug-likeness (QED) is 0.679. The highest BCUT2D eigenvalue weighted by Gasteiger charge is 2.07. The molecule has 0 atom stereocenters. The molecular weight excluding hydrogens is 199 g/mol. The minimum atomic E-state index is -0.103. The Morgan fingerprint density at radius 2 is 1.58 bits per heavy atom. The van der Waals surface area contributed by atoms with E-state index in [1.165, 1.54) is 0 Å². The van der Waals surface area contributed by atoms with Gasteiger partial charge in [0.25, 0.3) is 0 Å². The number of hydrogen-bond acceptors (Lipinski definition) is 2. The number of rotatable bonds is 3. The normalized spacial score (nSPS) is 8.83. The summed E-state index contributed by atoms with van der Waals surface area (Å²) in [5.74, 6) is 0.329. The summed E-state index contributed by atoms with van der Waals surface area (Å²) < 4.78 is 4.93. The molecule has 0 aromatic heterocycles. The molecular formula is C8H18Cl2O2. The van der Waals surface area contributed by atoms with Crippen LogP contribution in [0, 0.1) is 11.8 Å². The first-order valence-electron chi connectivity index (χ1n) is 3.70. The fraction of sp³-hybridized carbons (Fsp3) is 0.875. The molecule has 0 fully saturated rings. The minimum Gasteiger partial charge on any atom is -0.465 e. The molecule has 0 N–H and O–H groups in total. The van der Waals surface area contributed by atoms with Crippen molar-refractivity contribution in [3.8, 4) is 0 Å². The summed E-state index contributed by atoms with van der Waals surface area (Å²) in [6.07, 6.45) is 0. The zero-order valence-electron chi connectivity index (χ0n) is 7.99. The summed E-state index contributed by atoms with van der Waals surface area (Å²) in [5, 5.41) is 0. The Bertz CT molecular complexity index is 114. The Kier molecular flexibility index (Phi) is 13.7. The molecule has 12 heavy (non-hydrogen) atoms. The van der Waals surface area contributed by atoms with Gasteiger partial charge < -0.3 is 4.74 Å². The molecule has 0 radical (unpaired) electrons. The summed E-state index contributed by atoms with van der Waals surface area (Å²) in [6.45, 7) is 8.25. The van der Waals surface area contributed by atoms with Crippen molar-refractivity contribution in [3.63, 3.8) is 0 Å². The lowest BCUT2D eigenvalue weighted by molar-refractivity contribution is -0.148. The first kappa shape index (κ1) is 18.0. The zero-order chi connectivity index (χ0) is 8.15. The molecule has 0 saturated heterocycles. The summed E-state index contributed by atoms with van der Waals surface area (Å²) in [4.78, 5) is 10.8. The van der Waals surface area contributed by atoms with Crippen molar-refractivity contribution < 1.29 is 9.53 Å². The Balaban J connectivity index is -0.000000405. The van der Waals surface area contributed by atoms with Crippen molar-refractivity contribution in [2.75, 3.05) is 6.61 Å². The molecule has 4 heteroatoms. The summed E-state index contributed by atoms with van der Waals surface area (Å²) in [5.41, 5.74) is 0. The van der Waals surface area contributed by atoms with Gasteiger partial charge in [-0.2, -0.15) is 0 Å². The smallest absolute Gasteiger partial charge is 0.308 e. The number of carbonyl (C=O) groups is 1. The molecule has 0 spiro atoms. The number of carbonyl (C=O) groups excluding carboxylic acids is 1. The van der Waals surface area contributed by atoms with Gasteiger partial charge in [-0.3, -0.25) is 4.79 Å². The van der Waals surface area contributed by atoms with Crippen LogP contribution in [-0.4, -0.2) is 12.6 Å². The monoisotopic (exact) mass is 216 g/mol. The van der Waals surface area contributed by atoms with Gasteiger partial charge in [0.2, 0.25) is 0 Å². The highest BCUT2D eigenvalue weighted by atomic mass is 35.5. The maximum atomic E-state index is 10.8. The van der Waals surface area contributed by atoms with Crippen LogP contribution >= 0.6 is 24.8 Å². The van der Waals surface area contributed by atoms with E-state index in [1.807, 2.05) is 27.7 Å². The van der Waals surface area contributed by atoms with E-state index in [0.29, 0.717) is 12.5 Å². The molecule has 0 aliphatic heterocycles. The summed E-state index contributed by atoms with van der Waals surface area (Å²) in [6, 6.07) is 0. The number of hydrogen-bond donors (Lipinski definition) is 0. The number of ether oxygens (including phenoxy) is 1. The third kappa shape index (κ3) is 10.0. The lowest BCUT2D eigenvalue weighted by atomic mass is 10.2. The average molecular weight is 217 g/mol. The highest BCUT2D eigenvalue weighted by Crippen LogP contribution is 1.99. The molecule has 0 saturated carbocycles. The molecule has 0 unspecified atom stereocenters. The van der Waals surface area contributed by atoms with E-state index in [9.17, 15) is 4.79 Å². The maximum absolute atomic E-state index is 10.8. The van der Waals surface area contributed by atoms with Gasteiger partial charge in [-0.15, -0.1) is 24.8 Å². The first-order chi connectivity index (χ1) is 4.54. The molecule has 0 aromatic rings. The molecule has 2 nitrogen and oxygen atoms in total. The van der Waals surface area contributed by atoms with Gasteiger partial charge in [-0.05, 0) is 5.92 Å². The van der Waals surface area contributed by atoms with Gasteiger partial charge in [0.1, 0.15) is 0 Å². The van der Waals surface area contributed by atoms with Crippen LogP contribution in [0.25, 0.3) is 0 Å². The van der Waals surface area contributed by atoms with Crippen LogP contribution in [0.1, 0.15) is 27.7 Å². The Hall–Kier alpha value is 0.0500. The number of esters is 1. The third-order valence-electron chi connectivity index (χ3n) is 1.03. The topological polar surface area (TPSA) is 26.3 Å². The van der Waals surface area contributed by atoms with Crippen molar-refractivity contribution in [2.24, 2.45) is 11.8 Å². The second kappa shape index (κ2) is 9.14.